The molecule has 2 heteroatoms. The summed E-state index contributed by atoms with van der Waals surface area (Å²) in [6, 6.07) is 23.6. The first-order valence-electron chi connectivity index (χ1n) is 11.5. The van der Waals surface area contributed by atoms with Crippen LogP contribution in [0.3, 0.4) is 0 Å². The molecule has 2 nitrogen and oxygen atoms in total. The lowest BCUT2D eigenvalue weighted by Gasteiger charge is -2.28. The second-order valence-electron chi connectivity index (χ2n) is 9.04. The number of benzene rings is 3. The summed E-state index contributed by atoms with van der Waals surface area (Å²) in [5, 5.41) is 14.1. The minimum Gasteiger partial charge on any atom is -0.508 e. The lowest BCUT2D eigenvalue weighted by atomic mass is 9.77. The summed E-state index contributed by atoms with van der Waals surface area (Å²) < 4.78 is 0. The Hall–Kier alpha value is -2.58. The molecular formula is C28H31NO. The third-order valence-electron chi connectivity index (χ3n) is 6.82. The third kappa shape index (κ3) is 4.29. The molecule has 0 bridgehead atoms. The Kier molecular flexibility index (Phi) is 5.59. The van der Waals surface area contributed by atoms with E-state index in [9.17, 15) is 5.11 Å². The van der Waals surface area contributed by atoms with Crippen molar-refractivity contribution in [3.63, 3.8) is 0 Å². The van der Waals surface area contributed by atoms with Gasteiger partial charge in [0.25, 0.3) is 0 Å². The molecule has 0 amide bonds. The smallest absolute Gasteiger partial charge is 0.116 e. The van der Waals surface area contributed by atoms with Gasteiger partial charge in [0.1, 0.15) is 5.75 Å². The van der Waals surface area contributed by atoms with E-state index in [2.05, 4.69) is 59.9 Å². The Bertz CT molecular complexity index is 1010. The van der Waals surface area contributed by atoms with Gasteiger partial charge in [-0.15, -0.1) is 0 Å². The molecule has 2 aliphatic carbocycles. The number of phenolic OH excluding ortho intramolecular Hbond substituents is 1. The van der Waals surface area contributed by atoms with Crippen LogP contribution in [-0.2, 0) is 19.3 Å². The first-order valence-corrected chi connectivity index (χ1v) is 11.5. The summed E-state index contributed by atoms with van der Waals surface area (Å²) in [6.45, 7) is 2.17. The molecule has 154 valence electrons. The minimum absolute atomic E-state index is 0.392. The van der Waals surface area contributed by atoms with Gasteiger partial charge in [0.15, 0.2) is 0 Å². The van der Waals surface area contributed by atoms with Crippen molar-refractivity contribution in [3.8, 4) is 16.9 Å². The van der Waals surface area contributed by atoms with Crippen molar-refractivity contribution in [3.05, 3.63) is 89.0 Å². The number of nitrogens with one attached hydrogen (secondary N) is 1. The number of rotatable bonds is 7. The van der Waals surface area contributed by atoms with Gasteiger partial charge in [-0.1, -0.05) is 54.6 Å². The molecule has 0 radical (unpaired) electrons. The highest BCUT2D eigenvalue weighted by atomic mass is 16.3. The predicted molar refractivity (Wildman–Crippen MR) is 124 cm³/mol. The zero-order chi connectivity index (χ0) is 20.3. The zero-order valence-corrected chi connectivity index (χ0v) is 17.6. The molecule has 5 rings (SSSR count). The Morgan fingerprint density at radius 1 is 0.867 bits per heavy atom. The second kappa shape index (κ2) is 8.65. The van der Waals surface area contributed by atoms with E-state index < -0.39 is 0 Å². The predicted octanol–water partition coefficient (Wildman–Crippen LogP) is 5.87. The van der Waals surface area contributed by atoms with Crippen molar-refractivity contribution in [1.29, 1.82) is 0 Å². The molecule has 3 aromatic rings. The molecule has 2 N–H and O–H groups in total. The molecule has 1 unspecified atom stereocenters. The monoisotopic (exact) mass is 397 g/mol. The van der Waals surface area contributed by atoms with Gasteiger partial charge in [0.05, 0.1) is 0 Å². The first-order chi connectivity index (χ1) is 14.8. The highest BCUT2D eigenvalue weighted by molar-refractivity contribution is 5.74. The van der Waals surface area contributed by atoms with Crippen LogP contribution in [0.25, 0.3) is 11.1 Å². The van der Waals surface area contributed by atoms with E-state index in [4.69, 9.17) is 0 Å². The maximum atomic E-state index is 10.5. The summed E-state index contributed by atoms with van der Waals surface area (Å²) in [5.41, 5.74) is 8.05. The molecule has 0 heterocycles. The Morgan fingerprint density at radius 3 is 2.50 bits per heavy atom. The largest absolute Gasteiger partial charge is 0.508 e. The Balaban J connectivity index is 1.44. The second-order valence-corrected chi connectivity index (χ2v) is 9.04. The Morgan fingerprint density at radius 2 is 1.67 bits per heavy atom. The molecule has 0 spiro atoms. The van der Waals surface area contributed by atoms with Crippen LogP contribution in [0.2, 0.25) is 0 Å². The van der Waals surface area contributed by atoms with E-state index in [1.165, 1.54) is 46.2 Å². The number of hydrogen-bond donors (Lipinski definition) is 2. The van der Waals surface area contributed by atoms with Crippen LogP contribution in [0, 0.1) is 5.92 Å². The maximum Gasteiger partial charge on any atom is 0.116 e. The minimum atomic E-state index is 0.392. The van der Waals surface area contributed by atoms with Crippen LogP contribution in [0.5, 0.6) is 5.75 Å². The van der Waals surface area contributed by atoms with Crippen molar-refractivity contribution in [2.24, 2.45) is 5.92 Å². The van der Waals surface area contributed by atoms with Crippen LogP contribution >= 0.6 is 0 Å². The average molecular weight is 398 g/mol. The summed E-state index contributed by atoms with van der Waals surface area (Å²) in [6.07, 6.45) is 7.02. The quantitative estimate of drug-likeness (QED) is 0.488. The number of fused-ring (bicyclic) bond motifs is 1. The normalized spacial score (nSPS) is 18.2. The van der Waals surface area contributed by atoms with Crippen molar-refractivity contribution >= 4 is 0 Å². The standard InChI is InChI=1S/C28H31NO/c30-25-16-24-13-12-23(21-6-2-1-3-7-21)17-27(24)28(18-25)26-9-5-4-8-22(26)14-15-29-19-20-10-11-20/h1-9,16,18,20,23,29-30H,10-15,17,19H2. The van der Waals surface area contributed by atoms with Gasteiger partial charge >= 0.3 is 0 Å². The summed E-state index contributed by atoms with van der Waals surface area (Å²) in [5.74, 6) is 1.85. The van der Waals surface area contributed by atoms with Crippen molar-refractivity contribution in [1.82, 2.24) is 5.32 Å². The molecule has 0 aromatic heterocycles. The van der Waals surface area contributed by atoms with Crippen molar-refractivity contribution in [2.45, 2.75) is 44.4 Å². The van der Waals surface area contributed by atoms with Crippen LogP contribution in [0.4, 0.5) is 0 Å². The van der Waals surface area contributed by atoms with E-state index in [0.717, 1.165) is 44.7 Å². The summed E-state index contributed by atoms with van der Waals surface area (Å²) >= 11 is 0. The first kappa shape index (κ1) is 19.4. The van der Waals surface area contributed by atoms with Crippen LogP contribution < -0.4 is 5.32 Å². The number of aromatic hydroxyl groups is 1. The maximum absolute atomic E-state index is 10.5. The van der Waals surface area contributed by atoms with Gasteiger partial charge in [-0.05, 0) is 109 Å². The topological polar surface area (TPSA) is 32.3 Å². The molecular weight excluding hydrogens is 366 g/mol. The highest BCUT2D eigenvalue weighted by Crippen LogP contribution is 2.41. The number of phenols is 1. The zero-order valence-electron chi connectivity index (χ0n) is 17.6. The van der Waals surface area contributed by atoms with Gasteiger partial charge in [0, 0.05) is 0 Å². The van der Waals surface area contributed by atoms with Gasteiger partial charge in [-0.3, -0.25) is 0 Å². The fourth-order valence-electron chi connectivity index (χ4n) is 4.96. The summed E-state index contributed by atoms with van der Waals surface area (Å²) in [7, 11) is 0. The summed E-state index contributed by atoms with van der Waals surface area (Å²) in [4.78, 5) is 0. The lowest BCUT2D eigenvalue weighted by molar-refractivity contribution is 0.472. The molecule has 0 saturated heterocycles. The van der Waals surface area contributed by atoms with Crippen LogP contribution in [0.1, 0.15) is 47.4 Å². The number of hydrogen-bond acceptors (Lipinski definition) is 2. The van der Waals surface area contributed by atoms with Crippen LogP contribution in [0.15, 0.2) is 66.7 Å². The fraction of sp³-hybridized carbons (Fsp3) is 0.357. The highest BCUT2D eigenvalue weighted by Gasteiger charge is 2.24. The van der Waals surface area contributed by atoms with E-state index >= 15 is 0 Å². The van der Waals surface area contributed by atoms with E-state index in [-0.39, 0.29) is 0 Å². The molecule has 1 atom stereocenters. The van der Waals surface area contributed by atoms with Gasteiger partial charge < -0.3 is 10.4 Å². The molecule has 3 aromatic carbocycles. The van der Waals surface area contributed by atoms with Gasteiger partial charge in [-0.2, -0.15) is 0 Å². The fourth-order valence-corrected chi connectivity index (χ4v) is 4.96. The lowest BCUT2D eigenvalue weighted by Crippen LogP contribution is -2.20. The van der Waals surface area contributed by atoms with Crippen LogP contribution in [-0.4, -0.2) is 18.2 Å². The van der Waals surface area contributed by atoms with E-state index in [1.54, 1.807) is 0 Å². The molecule has 2 aliphatic rings. The molecule has 1 fully saturated rings. The molecule has 30 heavy (non-hydrogen) atoms. The van der Waals surface area contributed by atoms with Crippen molar-refractivity contribution < 1.29 is 5.11 Å². The Labute approximate surface area is 180 Å². The van der Waals surface area contributed by atoms with Gasteiger partial charge in [-0.25, -0.2) is 0 Å². The molecule has 1 saturated carbocycles. The van der Waals surface area contributed by atoms with E-state index in [0.29, 0.717) is 11.7 Å². The average Bonchev–Trinajstić information content (AvgIpc) is 3.61. The third-order valence-corrected chi connectivity index (χ3v) is 6.82. The SMILES string of the molecule is Oc1cc2c(c(-c3ccccc3CCNCC3CC3)c1)CC(c1ccccc1)CC2. The molecule has 0 aliphatic heterocycles. The van der Waals surface area contributed by atoms with E-state index in [1.807, 2.05) is 12.1 Å². The van der Waals surface area contributed by atoms with Gasteiger partial charge in [0.2, 0.25) is 0 Å². The van der Waals surface area contributed by atoms with Crippen molar-refractivity contribution in [2.75, 3.05) is 13.1 Å². The number of aryl methyl sites for hydroxylation is 1.